The molecule has 2 atom stereocenters. The van der Waals surface area contributed by atoms with Crippen molar-refractivity contribution in [3.8, 4) is 22.6 Å². The summed E-state index contributed by atoms with van der Waals surface area (Å²) in [5.74, 6) is 3.81. The number of nitrogens with one attached hydrogen (secondary N) is 1. The summed E-state index contributed by atoms with van der Waals surface area (Å²) in [5, 5.41) is 4.43. The molecule has 188 valence electrons. The van der Waals surface area contributed by atoms with E-state index in [1.165, 1.54) is 11.1 Å². The molecule has 6 heteroatoms. The van der Waals surface area contributed by atoms with Gasteiger partial charge in [0.2, 0.25) is 0 Å². The maximum atomic E-state index is 6.09. The molecule has 0 bridgehead atoms. The SMILES string of the molecule is NC1C2CN(Cc3ccc(-c4ccc5ncnc(Nc6ccc(Oc7ccccc7)cc6)c5c4)cc3)CC12. The van der Waals surface area contributed by atoms with Gasteiger partial charge in [0, 0.05) is 36.7 Å². The molecule has 0 amide bonds. The van der Waals surface area contributed by atoms with Crippen LogP contribution in [0.2, 0.25) is 0 Å². The number of para-hydroxylation sites is 1. The fraction of sp³-hybridized carbons (Fsp3) is 0.188. The second-order valence-corrected chi connectivity index (χ2v) is 10.3. The number of aromatic nitrogens is 2. The number of nitrogens with two attached hydrogens (primary N) is 1. The monoisotopic (exact) mass is 499 g/mol. The minimum Gasteiger partial charge on any atom is -0.457 e. The van der Waals surface area contributed by atoms with Crippen molar-refractivity contribution in [2.75, 3.05) is 18.4 Å². The molecule has 0 spiro atoms. The Bertz CT molecular complexity index is 1560. The Morgan fingerprint density at radius 3 is 2.26 bits per heavy atom. The van der Waals surface area contributed by atoms with Crippen molar-refractivity contribution in [1.29, 1.82) is 0 Å². The first-order valence-electron chi connectivity index (χ1n) is 13.1. The molecule has 0 radical (unpaired) electrons. The molecule has 7 rings (SSSR count). The third-order valence-electron chi connectivity index (χ3n) is 7.76. The number of fused-ring (bicyclic) bond motifs is 2. The van der Waals surface area contributed by atoms with Crippen molar-refractivity contribution < 1.29 is 4.74 Å². The van der Waals surface area contributed by atoms with Gasteiger partial charge in [0.25, 0.3) is 0 Å². The normalized spacial score (nSPS) is 20.3. The first-order chi connectivity index (χ1) is 18.7. The lowest BCUT2D eigenvalue weighted by Crippen LogP contribution is -2.27. The molecule has 1 saturated carbocycles. The topological polar surface area (TPSA) is 76.3 Å². The smallest absolute Gasteiger partial charge is 0.141 e. The van der Waals surface area contributed by atoms with Gasteiger partial charge in [0.1, 0.15) is 23.6 Å². The van der Waals surface area contributed by atoms with E-state index in [4.69, 9.17) is 10.5 Å². The van der Waals surface area contributed by atoms with E-state index in [2.05, 4.69) is 62.6 Å². The first-order valence-corrected chi connectivity index (χ1v) is 13.1. The number of benzene rings is 4. The Balaban J connectivity index is 1.07. The van der Waals surface area contributed by atoms with Gasteiger partial charge in [-0.2, -0.15) is 0 Å². The maximum Gasteiger partial charge on any atom is 0.141 e. The van der Waals surface area contributed by atoms with Gasteiger partial charge in [-0.1, -0.05) is 48.5 Å². The number of piperidine rings is 1. The highest BCUT2D eigenvalue weighted by atomic mass is 16.5. The predicted molar refractivity (Wildman–Crippen MR) is 151 cm³/mol. The molecule has 1 aliphatic carbocycles. The quantitative estimate of drug-likeness (QED) is 0.277. The molecule has 4 aromatic carbocycles. The predicted octanol–water partition coefficient (Wildman–Crippen LogP) is 6.22. The van der Waals surface area contributed by atoms with E-state index in [9.17, 15) is 0 Å². The zero-order chi connectivity index (χ0) is 25.5. The van der Waals surface area contributed by atoms with Crippen LogP contribution in [0.3, 0.4) is 0 Å². The van der Waals surface area contributed by atoms with Crippen LogP contribution in [0.1, 0.15) is 5.56 Å². The van der Waals surface area contributed by atoms with E-state index in [0.717, 1.165) is 70.9 Å². The van der Waals surface area contributed by atoms with Crippen molar-refractivity contribution in [3.63, 3.8) is 0 Å². The van der Waals surface area contributed by atoms with E-state index < -0.39 is 0 Å². The molecular formula is C32H29N5O. The number of anilines is 2. The summed E-state index contributed by atoms with van der Waals surface area (Å²) in [4.78, 5) is 11.6. The molecule has 3 N–H and O–H groups in total. The zero-order valence-electron chi connectivity index (χ0n) is 21.0. The molecule has 6 nitrogen and oxygen atoms in total. The van der Waals surface area contributed by atoms with Crippen LogP contribution in [0.5, 0.6) is 11.5 Å². The summed E-state index contributed by atoms with van der Waals surface area (Å²) in [6, 6.07) is 33.3. The van der Waals surface area contributed by atoms with E-state index in [-0.39, 0.29) is 0 Å². The summed E-state index contributed by atoms with van der Waals surface area (Å²) in [6.07, 6.45) is 1.60. The third kappa shape index (κ3) is 4.60. The molecule has 2 heterocycles. The maximum absolute atomic E-state index is 6.09. The van der Waals surface area contributed by atoms with Gasteiger partial charge in [-0.25, -0.2) is 9.97 Å². The van der Waals surface area contributed by atoms with Crippen molar-refractivity contribution in [3.05, 3.63) is 109 Å². The third-order valence-corrected chi connectivity index (χ3v) is 7.76. The number of hydrogen-bond acceptors (Lipinski definition) is 6. The lowest BCUT2D eigenvalue weighted by Gasteiger charge is -2.18. The Morgan fingerprint density at radius 1 is 0.789 bits per heavy atom. The summed E-state index contributed by atoms with van der Waals surface area (Å²) in [7, 11) is 0. The highest BCUT2D eigenvalue weighted by Crippen LogP contribution is 2.44. The number of hydrogen-bond donors (Lipinski definition) is 2. The molecule has 2 unspecified atom stereocenters. The van der Waals surface area contributed by atoms with Crippen molar-refractivity contribution in [2.24, 2.45) is 17.6 Å². The van der Waals surface area contributed by atoms with Crippen LogP contribution >= 0.6 is 0 Å². The molecular weight excluding hydrogens is 470 g/mol. The van der Waals surface area contributed by atoms with Crippen LogP contribution in [0, 0.1) is 11.8 Å². The second-order valence-electron chi connectivity index (χ2n) is 10.3. The van der Waals surface area contributed by atoms with Crippen LogP contribution in [0.25, 0.3) is 22.0 Å². The van der Waals surface area contributed by atoms with Crippen molar-refractivity contribution in [1.82, 2.24) is 14.9 Å². The second kappa shape index (κ2) is 9.56. The van der Waals surface area contributed by atoms with E-state index in [1.54, 1.807) is 6.33 Å². The number of nitrogens with zero attached hydrogens (tertiary/aromatic N) is 3. The van der Waals surface area contributed by atoms with Gasteiger partial charge in [-0.15, -0.1) is 0 Å². The largest absolute Gasteiger partial charge is 0.457 e. The van der Waals surface area contributed by atoms with Crippen molar-refractivity contribution >= 4 is 22.4 Å². The molecule has 1 saturated heterocycles. The lowest BCUT2D eigenvalue weighted by atomic mass is 10.0. The average molecular weight is 500 g/mol. The van der Waals surface area contributed by atoms with Gasteiger partial charge < -0.3 is 15.8 Å². The Kier molecular flexibility index (Phi) is 5.76. The minimum atomic E-state index is 0.443. The molecule has 2 aliphatic rings. The van der Waals surface area contributed by atoms with Gasteiger partial charge in [0.15, 0.2) is 0 Å². The minimum absolute atomic E-state index is 0.443. The fourth-order valence-corrected chi connectivity index (χ4v) is 5.55. The van der Waals surface area contributed by atoms with Gasteiger partial charge in [0.05, 0.1) is 5.52 Å². The zero-order valence-corrected chi connectivity index (χ0v) is 21.0. The van der Waals surface area contributed by atoms with Crippen LogP contribution in [-0.4, -0.2) is 34.0 Å². The number of ether oxygens (including phenoxy) is 1. The van der Waals surface area contributed by atoms with Gasteiger partial charge >= 0.3 is 0 Å². The summed E-state index contributed by atoms with van der Waals surface area (Å²) >= 11 is 0. The molecule has 38 heavy (non-hydrogen) atoms. The molecule has 1 aliphatic heterocycles. The Morgan fingerprint density at radius 2 is 1.50 bits per heavy atom. The summed E-state index contributed by atoms with van der Waals surface area (Å²) < 4.78 is 5.91. The van der Waals surface area contributed by atoms with Crippen LogP contribution in [-0.2, 0) is 6.54 Å². The summed E-state index contributed by atoms with van der Waals surface area (Å²) in [5.41, 5.74) is 11.6. The lowest BCUT2D eigenvalue weighted by molar-refractivity contribution is 0.290. The van der Waals surface area contributed by atoms with E-state index in [0.29, 0.717) is 6.04 Å². The van der Waals surface area contributed by atoms with E-state index in [1.807, 2.05) is 54.6 Å². The van der Waals surface area contributed by atoms with Crippen LogP contribution in [0.4, 0.5) is 11.5 Å². The summed E-state index contributed by atoms with van der Waals surface area (Å²) in [6.45, 7) is 3.27. The Hall–Kier alpha value is -4.26. The highest BCUT2D eigenvalue weighted by Gasteiger charge is 2.53. The van der Waals surface area contributed by atoms with Crippen molar-refractivity contribution in [2.45, 2.75) is 12.6 Å². The Labute approximate surface area is 222 Å². The van der Waals surface area contributed by atoms with Crippen LogP contribution < -0.4 is 15.8 Å². The van der Waals surface area contributed by atoms with Gasteiger partial charge in [-0.05, 0) is 77.1 Å². The first kappa shape index (κ1) is 22.9. The number of rotatable bonds is 7. The van der Waals surface area contributed by atoms with Crippen LogP contribution in [0.15, 0.2) is 103 Å². The molecule has 5 aromatic rings. The fourth-order valence-electron chi connectivity index (χ4n) is 5.55. The molecule has 2 fully saturated rings. The van der Waals surface area contributed by atoms with Gasteiger partial charge in [-0.3, -0.25) is 4.90 Å². The number of likely N-dealkylation sites (tertiary alicyclic amines) is 1. The highest BCUT2D eigenvalue weighted by molar-refractivity contribution is 5.93. The van der Waals surface area contributed by atoms with E-state index >= 15 is 0 Å². The molecule has 1 aromatic heterocycles. The standard InChI is InChI=1S/C32H29N5O/c33-31-28-18-37(19-29(28)31)17-21-6-8-22(9-7-21)23-10-15-30-27(16-23)32(35-20-34-30)36-24-11-13-26(14-12-24)38-25-4-2-1-3-5-25/h1-16,20,28-29,31H,17-19,33H2,(H,34,35,36). The average Bonchev–Trinajstić information content (AvgIpc) is 3.34.